The lowest BCUT2D eigenvalue weighted by Gasteiger charge is -2.27. The van der Waals surface area contributed by atoms with E-state index in [-0.39, 0.29) is 17.1 Å². The number of ether oxygens (including phenoxy) is 1. The van der Waals surface area contributed by atoms with Crippen molar-refractivity contribution in [2.45, 2.75) is 6.04 Å². The van der Waals surface area contributed by atoms with E-state index < -0.39 is 23.5 Å². The molecule has 1 aromatic heterocycles. The summed E-state index contributed by atoms with van der Waals surface area (Å²) < 4.78 is 11.0. The molecule has 1 amide bonds. The monoisotopic (exact) mass is 441 g/mol. The van der Waals surface area contributed by atoms with Crippen LogP contribution in [-0.2, 0) is 4.79 Å². The number of benzene rings is 3. The molecule has 0 aliphatic carbocycles. The van der Waals surface area contributed by atoms with Crippen molar-refractivity contribution in [3.63, 3.8) is 0 Å². The number of ketones is 1. The number of furan rings is 1. The predicted molar refractivity (Wildman–Crippen MR) is 122 cm³/mol. The van der Waals surface area contributed by atoms with Gasteiger partial charge >= 0.3 is 0 Å². The van der Waals surface area contributed by atoms with Crippen LogP contribution in [-0.4, -0.2) is 29.0 Å². The summed E-state index contributed by atoms with van der Waals surface area (Å²) in [5.41, 5.74) is 1.40. The van der Waals surface area contributed by atoms with Gasteiger partial charge in [0, 0.05) is 17.1 Å². The molecular weight excluding hydrogens is 422 g/mol. The largest absolute Gasteiger partial charge is 0.508 e. The van der Waals surface area contributed by atoms with Crippen LogP contribution >= 0.6 is 0 Å². The number of amides is 1. The second kappa shape index (κ2) is 7.87. The highest BCUT2D eigenvalue weighted by Gasteiger charge is 2.45. The number of carbonyl (C=O) groups is 2. The van der Waals surface area contributed by atoms with Gasteiger partial charge in [-0.3, -0.25) is 14.5 Å². The number of Topliss-reactive ketones (excluding diaryl/α,β-unsaturated/α-hetero) is 1. The van der Waals surface area contributed by atoms with Crippen LogP contribution in [0.3, 0.4) is 0 Å². The van der Waals surface area contributed by atoms with Crippen LogP contribution in [0.25, 0.3) is 11.0 Å². The zero-order valence-electron chi connectivity index (χ0n) is 17.6. The third kappa shape index (κ3) is 3.40. The lowest BCUT2D eigenvalue weighted by atomic mass is 9.94. The number of phenols is 1. The Balaban J connectivity index is 1.66. The predicted octanol–water partition coefficient (Wildman–Crippen LogP) is 4.93. The SMILES string of the molecule is COc1cccc(N2C(=O)C(O)=C(C(=O)c3cc4ccccc4o3)C2c2ccc(O)cc2)c1. The molecule has 1 atom stereocenters. The Kier molecular flexibility index (Phi) is 4.86. The van der Waals surface area contributed by atoms with Gasteiger partial charge < -0.3 is 19.4 Å². The summed E-state index contributed by atoms with van der Waals surface area (Å²) >= 11 is 0. The molecule has 0 spiro atoms. The summed E-state index contributed by atoms with van der Waals surface area (Å²) in [6.07, 6.45) is 0. The minimum atomic E-state index is -0.939. The van der Waals surface area contributed by atoms with Crippen molar-refractivity contribution in [1.29, 1.82) is 0 Å². The Morgan fingerprint density at radius 2 is 1.73 bits per heavy atom. The first kappa shape index (κ1) is 20.4. The standard InChI is InChI=1S/C26H19NO6/c1-32-19-7-4-6-17(14-19)27-23(15-9-11-18(28)12-10-15)22(25(30)26(27)31)24(29)21-13-16-5-2-3-8-20(16)33-21/h2-14,23,28,30H,1H3. The molecule has 2 heterocycles. The van der Waals surface area contributed by atoms with Crippen molar-refractivity contribution in [1.82, 2.24) is 0 Å². The minimum absolute atomic E-state index is 0.0156. The molecule has 0 fully saturated rings. The Bertz CT molecular complexity index is 1380. The van der Waals surface area contributed by atoms with Crippen LogP contribution in [0, 0.1) is 0 Å². The van der Waals surface area contributed by atoms with E-state index in [2.05, 4.69) is 0 Å². The first-order chi connectivity index (χ1) is 16.0. The molecule has 4 aromatic rings. The molecule has 7 heteroatoms. The van der Waals surface area contributed by atoms with Gasteiger partial charge in [0.05, 0.1) is 18.7 Å². The second-order valence-electron chi connectivity index (χ2n) is 7.61. The number of anilines is 1. The van der Waals surface area contributed by atoms with Crippen molar-refractivity contribution in [2.75, 3.05) is 12.0 Å². The Morgan fingerprint density at radius 1 is 0.970 bits per heavy atom. The number of aliphatic hydroxyl groups excluding tert-OH is 1. The van der Waals surface area contributed by atoms with Crippen molar-refractivity contribution >= 4 is 28.3 Å². The maximum Gasteiger partial charge on any atom is 0.294 e. The minimum Gasteiger partial charge on any atom is -0.508 e. The molecule has 2 N–H and O–H groups in total. The molecule has 0 bridgehead atoms. The molecule has 0 radical (unpaired) electrons. The molecular formula is C26H19NO6. The Morgan fingerprint density at radius 3 is 2.45 bits per heavy atom. The zero-order chi connectivity index (χ0) is 23.1. The van der Waals surface area contributed by atoms with Gasteiger partial charge in [-0.05, 0) is 42.0 Å². The number of aliphatic hydroxyl groups is 1. The van der Waals surface area contributed by atoms with Crippen LogP contribution in [0.5, 0.6) is 11.5 Å². The van der Waals surface area contributed by atoms with E-state index in [4.69, 9.17) is 9.15 Å². The number of nitrogens with zero attached hydrogens (tertiary/aromatic N) is 1. The number of para-hydroxylation sites is 1. The van der Waals surface area contributed by atoms with Crippen molar-refractivity contribution in [2.24, 2.45) is 0 Å². The summed E-state index contributed by atoms with van der Waals surface area (Å²) in [5.74, 6) is -1.40. The van der Waals surface area contributed by atoms with Gasteiger partial charge in [0.25, 0.3) is 5.91 Å². The molecule has 1 aliphatic rings. The van der Waals surface area contributed by atoms with Crippen molar-refractivity contribution in [3.8, 4) is 11.5 Å². The highest BCUT2D eigenvalue weighted by atomic mass is 16.5. The third-order valence-corrected chi connectivity index (χ3v) is 5.64. The highest BCUT2D eigenvalue weighted by molar-refractivity contribution is 6.20. The molecule has 7 nitrogen and oxygen atoms in total. The van der Waals surface area contributed by atoms with Gasteiger partial charge in [0.15, 0.2) is 11.5 Å². The van der Waals surface area contributed by atoms with Gasteiger partial charge in [0.2, 0.25) is 5.78 Å². The number of fused-ring (bicyclic) bond motifs is 1. The zero-order valence-corrected chi connectivity index (χ0v) is 17.6. The average Bonchev–Trinajstić information content (AvgIpc) is 3.38. The fourth-order valence-corrected chi connectivity index (χ4v) is 4.06. The topological polar surface area (TPSA) is 100 Å². The molecule has 5 rings (SSSR count). The quantitative estimate of drug-likeness (QED) is 0.426. The van der Waals surface area contributed by atoms with Crippen LogP contribution in [0.2, 0.25) is 0 Å². The summed E-state index contributed by atoms with van der Waals surface area (Å²) in [6.45, 7) is 0. The van der Waals surface area contributed by atoms with Crippen LogP contribution in [0.15, 0.2) is 94.6 Å². The molecule has 0 saturated carbocycles. The summed E-state index contributed by atoms with van der Waals surface area (Å²) in [7, 11) is 1.51. The second-order valence-corrected chi connectivity index (χ2v) is 7.61. The number of aromatic hydroxyl groups is 1. The average molecular weight is 441 g/mol. The van der Waals surface area contributed by atoms with Crippen LogP contribution in [0.4, 0.5) is 5.69 Å². The van der Waals surface area contributed by atoms with E-state index >= 15 is 0 Å². The highest BCUT2D eigenvalue weighted by Crippen LogP contribution is 2.43. The van der Waals surface area contributed by atoms with Crippen molar-refractivity contribution < 1.29 is 29.0 Å². The number of phenolic OH excluding ortho intramolecular Hbond substituents is 1. The smallest absolute Gasteiger partial charge is 0.294 e. The number of hydrogen-bond acceptors (Lipinski definition) is 6. The third-order valence-electron chi connectivity index (χ3n) is 5.64. The molecule has 1 aliphatic heterocycles. The number of carbonyl (C=O) groups excluding carboxylic acids is 2. The summed E-state index contributed by atoms with van der Waals surface area (Å²) in [6, 6.07) is 20.7. The first-order valence-corrected chi connectivity index (χ1v) is 10.2. The number of methoxy groups -OCH3 is 1. The first-order valence-electron chi connectivity index (χ1n) is 10.2. The molecule has 164 valence electrons. The molecule has 33 heavy (non-hydrogen) atoms. The van der Waals surface area contributed by atoms with Gasteiger partial charge in [-0.2, -0.15) is 0 Å². The summed E-state index contributed by atoms with van der Waals surface area (Å²) in [4.78, 5) is 28.1. The number of rotatable bonds is 5. The Labute approximate surface area is 188 Å². The summed E-state index contributed by atoms with van der Waals surface area (Å²) in [5, 5.41) is 21.3. The van der Waals surface area contributed by atoms with E-state index in [0.717, 1.165) is 5.39 Å². The van der Waals surface area contributed by atoms with E-state index in [1.807, 2.05) is 12.1 Å². The molecule has 1 unspecified atom stereocenters. The van der Waals surface area contributed by atoms with Crippen molar-refractivity contribution in [3.05, 3.63) is 102 Å². The van der Waals surface area contributed by atoms with E-state index in [1.165, 1.54) is 24.1 Å². The van der Waals surface area contributed by atoms with E-state index in [9.17, 15) is 19.8 Å². The molecule has 0 saturated heterocycles. The number of hydrogen-bond donors (Lipinski definition) is 2. The van der Waals surface area contributed by atoms with Gasteiger partial charge in [-0.25, -0.2) is 0 Å². The van der Waals surface area contributed by atoms with Gasteiger partial charge in [-0.15, -0.1) is 0 Å². The molecule has 3 aromatic carbocycles. The van der Waals surface area contributed by atoms with Gasteiger partial charge in [0.1, 0.15) is 17.1 Å². The van der Waals surface area contributed by atoms with Crippen LogP contribution < -0.4 is 9.64 Å². The van der Waals surface area contributed by atoms with Crippen LogP contribution in [0.1, 0.15) is 22.2 Å². The maximum absolute atomic E-state index is 13.6. The maximum atomic E-state index is 13.6. The fraction of sp³-hybridized carbons (Fsp3) is 0.0769. The lowest BCUT2D eigenvalue weighted by molar-refractivity contribution is -0.117. The normalized spacial score (nSPS) is 16.0. The lowest BCUT2D eigenvalue weighted by Crippen LogP contribution is -2.31. The van der Waals surface area contributed by atoms with Gasteiger partial charge in [-0.1, -0.05) is 36.4 Å². The van der Waals surface area contributed by atoms with E-state index in [1.54, 1.807) is 54.6 Å². The Hall–Kier alpha value is -4.52. The van der Waals surface area contributed by atoms with E-state index in [0.29, 0.717) is 22.6 Å². The fourth-order valence-electron chi connectivity index (χ4n) is 4.06.